The Hall–Kier alpha value is -2.64. The maximum Gasteiger partial charge on any atom is 0.231 e. The van der Waals surface area contributed by atoms with Crippen LogP contribution in [0.4, 0.5) is 0 Å². The van der Waals surface area contributed by atoms with E-state index >= 15 is 0 Å². The number of aliphatic hydroxyl groups is 1. The molecule has 4 rings (SSSR count). The molecule has 0 saturated carbocycles. The van der Waals surface area contributed by atoms with Crippen LogP contribution in [-0.2, 0) is 12.8 Å². The van der Waals surface area contributed by atoms with Crippen molar-refractivity contribution >= 4 is 0 Å². The molecule has 0 aromatic heterocycles. The molecule has 2 N–H and O–H groups in total. The summed E-state index contributed by atoms with van der Waals surface area (Å²) in [7, 11) is 7.61. The third-order valence-electron chi connectivity index (χ3n) is 6.59. The number of aryl methyl sites for hydroxylation is 1. The average Bonchev–Trinajstić information content (AvgIpc) is 3.22. The molecule has 0 bridgehead atoms. The molecule has 2 aliphatic heterocycles. The number of fused-ring (bicyclic) bond motifs is 2. The molecule has 2 aliphatic rings. The van der Waals surface area contributed by atoms with E-state index < -0.39 is 6.10 Å². The van der Waals surface area contributed by atoms with E-state index in [1.807, 2.05) is 12.1 Å². The van der Waals surface area contributed by atoms with Gasteiger partial charge in [-0.3, -0.25) is 0 Å². The Morgan fingerprint density at radius 1 is 1.16 bits per heavy atom. The van der Waals surface area contributed by atoms with E-state index in [-0.39, 0.29) is 18.6 Å². The van der Waals surface area contributed by atoms with Crippen LogP contribution >= 0.6 is 0 Å². The minimum Gasteiger partial charge on any atom is -0.504 e. The van der Waals surface area contributed by atoms with Gasteiger partial charge in [-0.2, -0.15) is 0 Å². The number of hydrogen-bond acceptors (Lipinski definition) is 6. The zero-order chi connectivity index (χ0) is 22.2. The number of methoxy groups -OCH3 is 2. The molecule has 0 saturated heterocycles. The lowest BCUT2D eigenvalue weighted by molar-refractivity contribution is -0.924. The van der Waals surface area contributed by atoms with Crippen molar-refractivity contribution in [2.75, 3.05) is 41.7 Å². The minimum absolute atomic E-state index is 0.0811. The van der Waals surface area contributed by atoms with E-state index in [1.165, 1.54) is 12.7 Å². The number of phenols is 1. The fraction of sp³-hybridized carbons (Fsp3) is 0.500. The molecule has 0 amide bonds. The number of rotatable bonds is 7. The first-order valence-electron chi connectivity index (χ1n) is 10.7. The van der Waals surface area contributed by atoms with Crippen molar-refractivity contribution in [3.8, 4) is 28.7 Å². The summed E-state index contributed by atoms with van der Waals surface area (Å²) in [5.74, 6) is 2.71. The highest BCUT2D eigenvalue weighted by Gasteiger charge is 2.42. The van der Waals surface area contributed by atoms with Gasteiger partial charge in [0.25, 0.3) is 0 Å². The van der Waals surface area contributed by atoms with Gasteiger partial charge < -0.3 is 33.6 Å². The second-order valence-electron chi connectivity index (χ2n) is 8.92. The van der Waals surface area contributed by atoms with E-state index in [0.717, 1.165) is 40.1 Å². The van der Waals surface area contributed by atoms with Crippen LogP contribution in [-0.4, -0.2) is 62.5 Å². The number of likely N-dealkylation sites (N-methyl/N-ethyl adjacent to an activating group) is 1. The van der Waals surface area contributed by atoms with Crippen LogP contribution < -0.4 is 18.9 Å². The Morgan fingerprint density at radius 2 is 1.97 bits per heavy atom. The van der Waals surface area contributed by atoms with Gasteiger partial charge in [0.1, 0.15) is 6.04 Å². The maximum absolute atomic E-state index is 11.0. The van der Waals surface area contributed by atoms with Gasteiger partial charge in [-0.25, -0.2) is 0 Å². The van der Waals surface area contributed by atoms with Crippen LogP contribution in [0.3, 0.4) is 0 Å². The number of phenolic OH excluding ortho intramolecular Hbond substituents is 1. The monoisotopic (exact) mass is 430 g/mol. The Labute approximate surface area is 183 Å². The topological polar surface area (TPSA) is 77.4 Å². The largest absolute Gasteiger partial charge is 0.504 e. The van der Waals surface area contributed by atoms with Crippen molar-refractivity contribution in [2.45, 2.75) is 37.8 Å². The first-order valence-corrected chi connectivity index (χ1v) is 10.7. The third-order valence-corrected chi connectivity index (χ3v) is 6.59. The van der Waals surface area contributed by atoms with Crippen molar-refractivity contribution in [1.29, 1.82) is 0 Å². The quantitative estimate of drug-likeness (QED) is 0.657. The van der Waals surface area contributed by atoms with Gasteiger partial charge in [0.15, 0.2) is 23.0 Å². The van der Waals surface area contributed by atoms with Crippen LogP contribution in [0.5, 0.6) is 28.7 Å². The molecule has 7 nitrogen and oxygen atoms in total. The molecule has 0 aliphatic carbocycles. The van der Waals surface area contributed by atoms with E-state index in [0.29, 0.717) is 30.8 Å². The van der Waals surface area contributed by atoms with Crippen molar-refractivity contribution in [3.63, 3.8) is 0 Å². The number of quaternary nitrogens is 1. The van der Waals surface area contributed by atoms with E-state index in [2.05, 4.69) is 20.2 Å². The Bertz CT molecular complexity index is 958. The second-order valence-corrected chi connectivity index (χ2v) is 8.92. The maximum atomic E-state index is 11.0. The van der Waals surface area contributed by atoms with E-state index in [1.54, 1.807) is 13.2 Å². The summed E-state index contributed by atoms with van der Waals surface area (Å²) in [6, 6.07) is 7.47. The first kappa shape index (κ1) is 21.6. The zero-order valence-electron chi connectivity index (χ0n) is 18.7. The summed E-state index contributed by atoms with van der Waals surface area (Å²) < 4.78 is 23.1. The molecule has 0 unspecified atom stereocenters. The van der Waals surface area contributed by atoms with Crippen molar-refractivity contribution in [2.24, 2.45) is 0 Å². The highest BCUT2D eigenvalue weighted by atomic mass is 16.7. The zero-order valence-corrected chi connectivity index (χ0v) is 18.7. The Kier molecular flexibility index (Phi) is 5.90. The number of ether oxygens (including phenoxy) is 4. The molecular formula is C24H32NO6+. The SMILES string of the molecule is COc1cc(CC[C@H](O)C[C@H]2c3c(cc4c(c3OC)OCO4)CC[N+]2(C)C)ccc1O. The third kappa shape index (κ3) is 4.12. The molecule has 2 atom stereocenters. The molecule has 0 fully saturated rings. The summed E-state index contributed by atoms with van der Waals surface area (Å²) in [6.45, 7) is 1.18. The molecule has 2 aromatic carbocycles. The number of aromatic hydroxyl groups is 1. The van der Waals surface area contributed by atoms with Gasteiger partial charge in [-0.05, 0) is 42.2 Å². The van der Waals surface area contributed by atoms with Gasteiger partial charge in [0.05, 0.1) is 46.5 Å². The van der Waals surface area contributed by atoms with Crippen LogP contribution in [0.2, 0.25) is 0 Å². The van der Waals surface area contributed by atoms with Crippen LogP contribution in [0, 0.1) is 0 Å². The van der Waals surface area contributed by atoms with Crippen LogP contribution in [0.1, 0.15) is 35.6 Å². The van der Waals surface area contributed by atoms with Crippen molar-refractivity contribution < 1.29 is 33.6 Å². The minimum atomic E-state index is -0.483. The fourth-order valence-electron chi connectivity index (χ4n) is 4.76. The summed E-state index contributed by atoms with van der Waals surface area (Å²) in [5.41, 5.74) is 3.35. The summed E-state index contributed by atoms with van der Waals surface area (Å²) in [5, 5.41) is 20.8. The summed E-state index contributed by atoms with van der Waals surface area (Å²) in [6.07, 6.45) is 2.37. The van der Waals surface area contributed by atoms with Gasteiger partial charge in [-0.15, -0.1) is 0 Å². The van der Waals surface area contributed by atoms with Crippen molar-refractivity contribution in [3.05, 3.63) is 41.0 Å². The number of benzene rings is 2. The molecular weight excluding hydrogens is 398 g/mol. The van der Waals surface area contributed by atoms with Crippen molar-refractivity contribution in [1.82, 2.24) is 0 Å². The lowest BCUT2D eigenvalue weighted by Crippen LogP contribution is -2.49. The van der Waals surface area contributed by atoms with Gasteiger partial charge in [-0.1, -0.05) is 6.07 Å². The summed E-state index contributed by atoms with van der Waals surface area (Å²) >= 11 is 0. The lowest BCUT2D eigenvalue weighted by atomic mass is 9.85. The van der Waals surface area contributed by atoms with E-state index in [4.69, 9.17) is 18.9 Å². The standard InChI is InChI=1S/C24H31NO6/c1-25(2)10-9-16-12-21-23(31-14-30-21)24(29-4)22(16)18(25)13-17(26)7-5-15-6-8-19(27)20(11-15)28-3/h6,8,11-12,17-18,26H,5,7,9-10,13-14H2,1-4H3/p+1/t17-,18-/m0/s1. The van der Waals surface area contributed by atoms with Crippen LogP contribution in [0.15, 0.2) is 24.3 Å². The predicted molar refractivity (Wildman–Crippen MR) is 116 cm³/mol. The lowest BCUT2D eigenvalue weighted by Gasteiger charge is -2.44. The number of hydrogen-bond donors (Lipinski definition) is 2. The molecule has 2 heterocycles. The Balaban J connectivity index is 1.55. The molecule has 2 aromatic rings. The molecule has 0 radical (unpaired) electrons. The second kappa shape index (κ2) is 8.48. The van der Waals surface area contributed by atoms with Gasteiger partial charge >= 0.3 is 0 Å². The normalized spacial score (nSPS) is 19.6. The highest BCUT2D eigenvalue weighted by Crippen LogP contribution is 2.51. The van der Waals surface area contributed by atoms with E-state index in [9.17, 15) is 10.2 Å². The fourth-order valence-corrected chi connectivity index (χ4v) is 4.76. The average molecular weight is 431 g/mol. The molecule has 0 spiro atoms. The number of aliphatic hydroxyl groups excluding tert-OH is 1. The molecule has 7 heteroatoms. The summed E-state index contributed by atoms with van der Waals surface area (Å²) in [4.78, 5) is 0. The van der Waals surface area contributed by atoms with Gasteiger partial charge in [0.2, 0.25) is 12.5 Å². The molecule has 31 heavy (non-hydrogen) atoms. The highest BCUT2D eigenvalue weighted by molar-refractivity contribution is 5.61. The first-order chi connectivity index (χ1) is 14.8. The smallest absolute Gasteiger partial charge is 0.231 e. The molecule has 168 valence electrons. The Morgan fingerprint density at radius 3 is 2.71 bits per heavy atom. The predicted octanol–water partition coefficient (Wildman–Crippen LogP) is 3.20. The van der Waals surface area contributed by atoms with Gasteiger partial charge in [0, 0.05) is 12.8 Å². The van der Waals surface area contributed by atoms with Crippen LogP contribution in [0.25, 0.3) is 0 Å². The number of nitrogens with zero attached hydrogens (tertiary/aromatic N) is 1.